The van der Waals surface area contributed by atoms with Crippen LogP contribution in [0.1, 0.15) is 0 Å². The third kappa shape index (κ3) is 5.20. The number of phenols is 1. The summed E-state index contributed by atoms with van der Waals surface area (Å²) in [6, 6.07) is 7.35. The Kier molecular flexibility index (Phi) is 6.85. The summed E-state index contributed by atoms with van der Waals surface area (Å²) < 4.78 is 31.7. The number of rotatable bonds is 7. The van der Waals surface area contributed by atoms with E-state index >= 15 is 0 Å². The standard InChI is InChI=1S/C18H17N9O3S4/c1-27(2)14-8-15(28)13(7-12(14)21-24-17-20-18(31-3)26-33-17)22-23-16-10-6-9(34(19,29)30)4-5-11(10)25-32-16/h4-8,28H,1-3H3,(H2,19,29,30)/b23-22+,24-21+. The zero-order chi connectivity index (χ0) is 24.5. The number of hydrogen-bond acceptors (Lipinski definition) is 14. The maximum absolute atomic E-state index is 11.7. The van der Waals surface area contributed by atoms with Crippen molar-refractivity contribution in [3.05, 3.63) is 30.3 Å². The number of azo groups is 2. The van der Waals surface area contributed by atoms with Gasteiger partial charge in [0.25, 0.3) is 0 Å². The van der Waals surface area contributed by atoms with E-state index in [1.54, 1.807) is 25.1 Å². The van der Waals surface area contributed by atoms with E-state index in [1.165, 1.54) is 36.0 Å². The van der Waals surface area contributed by atoms with E-state index < -0.39 is 10.0 Å². The van der Waals surface area contributed by atoms with Crippen LogP contribution in [0.4, 0.5) is 27.2 Å². The van der Waals surface area contributed by atoms with E-state index in [0.29, 0.717) is 37.6 Å². The van der Waals surface area contributed by atoms with Crippen LogP contribution in [0.2, 0.25) is 0 Å². The molecule has 0 fully saturated rings. The smallest absolute Gasteiger partial charge is 0.250 e. The van der Waals surface area contributed by atoms with E-state index in [4.69, 9.17) is 5.14 Å². The molecule has 0 spiro atoms. The van der Waals surface area contributed by atoms with Crippen molar-refractivity contribution in [1.82, 2.24) is 13.7 Å². The topological polar surface area (TPSA) is 172 Å². The van der Waals surface area contributed by atoms with Crippen molar-refractivity contribution in [2.45, 2.75) is 10.1 Å². The summed E-state index contributed by atoms with van der Waals surface area (Å²) in [6.45, 7) is 0. The Balaban J connectivity index is 1.71. The number of fused-ring (bicyclic) bond motifs is 1. The number of aromatic nitrogens is 3. The maximum Gasteiger partial charge on any atom is 0.250 e. The van der Waals surface area contributed by atoms with Gasteiger partial charge in [-0.2, -0.15) is 13.7 Å². The van der Waals surface area contributed by atoms with Gasteiger partial charge in [0, 0.05) is 37.1 Å². The Labute approximate surface area is 206 Å². The highest BCUT2D eigenvalue weighted by atomic mass is 32.2. The molecule has 176 valence electrons. The summed E-state index contributed by atoms with van der Waals surface area (Å²) in [7, 11) is -0.276. The first kappa shape index (κ1) is 24.1. The molecule has 0 unspecified atom stereocenters. The summed E-state index contributed by atoms with van der Waals surface area (Å²) in [5.41, 5.74) is 1.74. The Morgan fingerprint density at radius 3 is 2.47 bits per heavy atom. The van der Waals surface area contributed by atoms with Crippen molar-refractivity contribution in [2.24, 2.45) is 25.6 Å². The summed E-state index contributed by atoms with van der Waals surface area (Å²) in [6.07, 6.45) is 1.87. The van der Waals surface area contributed by atoms with E-state index in [2.05, 4.69) is 34.2 Å². The largest absolute Gasteiger partial charge is 0.506 e. The number of hydrogen-bond donors (Lipinski definition) is 2. The average Bonchev–Trinajstić information content (AvgIpc) is 3.42. The third-order valence-corrected chi connectivity index (χ3v) is 7.32. The molecule has 4 aromatic rings. The first-order valence-electron chi connectivity index (χ1n) is 9.33. The molecule has 2 heterocycles. The molecule has 0 bridgehead atoms. The number of sulfonamides is 1. The monoisotopic (exact) mass is 535 g/mol. The number of phenolic OH excluding ortho intramolecular Hbond substituents is 1. The van der Waals surface area contributed by atoms with Crippen molar-refractivity contribution in [1.29, 1.82) is 0 Å². The molecule has 0 aliphatic carbocycles. The quantitative estimate of drug-likeness (QED) is 0.242. The van der Waals surface area contributed by atoms with Gasteiger partial charge < -0.3 is 10.0 Å². The predicted octanol–water partition coefficient (Wildman–Crippen LogP) is 5.12. The molecule has 34 heavy (non-hydrogen) atoms. The van der Waals surface area contributed by atoms with Crippen molar-refractivity contribution < 1.29 is 13.5 Å². The number of nitrogens with two attached hydrogens (primary N) is 1. The highest BCUT2D eigenvalue weighted by molar-refractivity contribution is 7.98. The van der Waals surface area contributed by atoms with Gasteiger partial charge in [0.05, 0.1) is 16.1 Å². The second kappa shape index (κ2) is 9.67. The van der Waals surface area contributed by atoms with E-state index in [1.807, 2.05) is 6.26 Å². The van der Waals surface area contributed by atoms with Crippen LogP contribution >= 0.6 is 34.8 Å². The number of aromatic hydroxyl groups is 1. The summed E-state index contributed by atoms with van der Waals surface area (Å²) in [4.78, 5) is 5.94. The maximum atomic E-state index is 11.7. The number of anilines is 1. The second-order valence-corrected chi connectivity index (χ2v) is 10.7. The van der Waals surface area contributed by atoms with Crippen LogP contribution in [-0.2, 0) is 10.0 Å². The fourth-order valence-electron chi connectivity index (χ4n) is 2.75. The van der Waals surface area contributed by atoms with Gasteiger partial charge >= 0.3 is 0 Å². The Morgan fingerprint density at radius 2 is 1.79 bits per heavy atom. The van der Waals surface area contributed by atoms with Crippen LogP contribution in [0.5, 0.6) is 5.75 Å². The molecule has 0 radical (unpaired) electrons. The van der Waals surface area contributed by atoms with Crippen LogP contribution in [0.15, 0.2) is 60.8 Å². The number of thioether (sulfide) groups is 1. The molecule has 3 N–H and O–H groups in total. The van der Waals surface area contributed by atoms with E-state index in [0.717, 1.165) is 23.1 Å². The zero-order valence-corrected chi connectivity index (χ0v) is 21.2. The molecule has 0 atom stereocenters. The summed E-state index contributed by atoms with van der Waals surface area (Å²) >= 11 is 3.57. The minimum absolute atomic E-state index is 0.0566. The first-order valence-corrected chi connectivity index (χ1v) is 13.7. The molecule has 0 amide bonds. The van der Waals surface area contributed by atoms with Gasteiger partial charge in [-0.15, -0.1) is 20.5 Å². The molecular weight excluding hydrogens is 519 g/mol. The van der Waals surface area contributed by atoms with Crippen molar-refractivity contribution in [3.63, 3.8) is 0 Å². The lowest BCUT2D eigenvalue weighted by Crippen LogP contribution is -2.11. The molecule has 12 nitrogen and oxygen atoms in total. The van der Waals surface area contributed by atoms with Crippen LogP contribution in [0, 0.1) is 0 Å². The highest BCUT2D eigenvalue weighted by Gasteiger charge is 2.14. The normalized spacial score (nSPS) is 12.4. The average molecular weight is 536 g/mol. The molecule has 4 rings (SSSR count). The van der Waals surface area contributed by atoms with Gasteiger partial charge in [0.2, 0.25) is 20.3 Å². The van der Waals surface area contributed by atoms with Crippen LogP contribution in [0.3, 0.4) is 0 Å². The molecule has 0 aliphatic rings. The number of nitrogens with zero attached hydrogens (tertiary/aromatic N) is 8. The molecule has 2 aromatic heterocycles. The second-order valence-electron chi connectivity index (χ2n) is 6.90. The zero-order valence-electron chi connectivity index (χ0n) is 17.9. The molecule has 0 saturated heterocycles. The lowest BCUT2D eigenvalue weighted by Gasteiger charge is -2.15. The highest BCUT2D eigenvalue weighted by Crippen LogP contribution is 2.41. The SMILES string of the molecule is CSc1nsc(/N=N/c2cc(/N=N/c3snc4ccc(S(N)(=O)=O)cc34)c(O)cc2N(C)C)n1. The molecule has 2 aromatic carbocycles. The molecule has 16 heteroatoms. The van der Waals surface area contributed by atoms with Gasteiger partial charge in [-0.3, -0.25) is 0 Å². The van der Waals surface area contributed by atoms with Crippen molar-refractivity contribution in [3.8, 4) is 5.75 Å². The predicted molar refractivity (Wildman–Crippen MR) is 133 cm³/mol. The van der Waals surface area contributed by atoms with E-state index in [-0.39, 0.29) is 16.3 Å². The van der Waals surface area contributed by atoms with Gasteiger partial charge in [-0.05, 0) is 42.1 Å². The van der Waals surface area contributed by atoms with Crippen molar-refractivity contribution in [2.75, 3.05) is 25.3 Å². The van der Waals surface area contributed by atoms with Gasteiger partial charge in [-0.1, -0.05) is 11.8 Å². The summed E-state index contributed by atoms with van der Waals surface area (Å²) in [5, 5.41) is 34.3. The minimum atomic E-state index is -3.88. The summed E-state index contributed by atoms with van der Waals surface area (Å²) in [5.74, 6) is -0.119. The first-order chi connectivity index (χ1) is 16.2. The fraction of sp³-hybridized carbons (Fsp3) is 0.167. The van der Waals surface area contributed by atoms with E-state index in [9.17, 15) is 13.5 Å². The van der Waals surface area contributed by atoms with Crippen LogP contribution in [0.25, 0.3) is 10.9 Å². The van der Waals surface area contributed by atoms with Gasteiger partial charge in [0.15, 0.2) is 5.00 Å². The van der Waals surface area contributed by atoms with Crippen LogP contribution < -0.4 is 10.0 Å². The Bertz CT molecular complexity index is 1530. The Hall–Kier alpha value is -3.05. The molecule has 0 saturated carbocycles. The lowest BCUT2D eigenvalue weighted by atomic mass is 10.2. The number of benzene rings is 2. The van der Waals surface area contributed by atoms with Gasteiger partial charge in [-0.25, -0.2) is 13.6 Å². The fourth-order valence-corrected chi connectivity index (χ4v) is 5.03. The molecule has 0 aliphatic heterocycles. The minimum Gasteiger partial charge on any atom is -0.506 e. The van der Waals surface area contributed by atoms with Crippen LogP contribution in [-0.4, -0.2) is 47.6 Å². The number of primary sulfonamides is 1. The lowest BCUT2D eigenvalue weighted by molar-refractivity contribution is 0.476. The third-order valence-electron chi connectivity index (χ3n) is 4.38. The van der Waals surface area contributed by atoms with Gasteiger partial charge in [0.1, 0.15) is 17.1 Å². The Morgan fingerprint density at radius 1 is 1.03 bits per heavy atom. The molecular formula is C18H17N9O3S4. The van der Waals surface area contributed by atoms with Crippen molar-refractivity contribution >= 4 is 82.9 Å².